The third-order valence-electron chi connectivity index (χ3n) is 6.44. The number of carbonyl (C=O) groups is 1. The molecule has 2 aliphatic heterocycles. The SMILES string of the molecule is Cc1cc(N2CCN(S(=O)(=O)N(C)C)CC2CC(=O)NCc2ccc3c(c2)OCO3)nc(-n2ccnc2)n1. The quantitative estimate of drug-likeness (QED) is 0.436. The van der Waals surface area contributed by atoms with Gasteiger partial charge >= 0.3 is 0 Å². The molecule has 2 aromatic heterocycles. The Morgan fingerprint density at radius 2 is 1.97 bits per heavy atom. The van der Waals surface area contributed by atoms with Crippen LogP contribution in [0.2, 0.25) is 0 Å². The van der Waals surface area contributed by atoms with Crippen LogP contribution in [0, 0.1) is 6.92 Å². The molecule has 1 amide bonds. The Morgan fingerprint density at radius 1 is 1.16 bits per heavy atom. The molecule has 1 atom stereocenters. The van der Waals surface area contributed by atoms with Gasteiger partial charge in [-0.15, -0.1) is 0 Å². The molecule has 0 radical (unpaired) electrons. The van der Waals surface area contributed by atoms with Gasteiger partial charge < -0.3 is 19.7 Å². The van der Waals surface area contributed by atoms with Crippen LogP contribution in [0.1, 0.15) is 17.7 Å². The van der Waals surface area contributed by atoms with Crippen molar-refractivity contribution >= 4 is 21.9 Å². The van der Waals surface area contributed by atoms with Crippen molar-refractivity contribution in [3.8, 4) is 17.4 Å². The lowest BCUT2D eigenvalue weighted by molar-refractivity contribution is -0.121. The van der Waals surface area contributed by atoms with E-state index in [1.165, 1.54) is 22.7 Å². The van der Waals surface area contributed by atoms with Crippen LogP contribution in [0.3, 0.4) is 0 Å². The fourth-order valence-electron chi connectivity index (χ4n) is 4.46. The van der Waals surface area contributed by atoms with E-state index in [0.29, 0.717) is 36.4 Å². The van der Waals surface area contributed by atoms with E-state index in [1.807, 2.05) is 36.1 Å². The fraction of sp³-hybridized carbons (Fsp3) is 0.417. The third kappa shape index (κ3) is 5.42. The lowest BCUT2D eigenvalue weighted by Gasteiger charge is -2.42. The Balaban J connectivity index is 1.36. The van der Waals surface area contributed by atoms with Crippen LogP contribution in [0.5, 0.6) is 11.5 Å². The van der Waals surface area contributed by atoms with Crippen LogP contribution in [0.25, 0.3) is 5.95 Å². The lowest BCUT2D eigenvalue weighted by atomic mass is 10.1. The van der Waals surface area contributed by atoms with Gasteiger partial charge in [0, 0.05) is 70.8 Å². The first-order valence-electron chi connectivity index (χ1n) is 12.1. The number of hydrogen-bond acceptors (Lipinski definition) is 9. The number of ether oxygens (including phenoxy) is 2. The highest BCUT2D eigenvalue weighted by Gasteiger charge is 2.36. The first-order valence-corrected chi connectivity index (χ1v) is 13.5. The predicted octanol–water partition coefficient (Wildman–Crippen LogP) is 0.703. The molecule has 1 saturated heterocycles. The Hall–Kier alpha value is -3.75. The topological polar surface area (TPSA) is 135 Å². The molecular formula is C24H30N8O5S. The highest BCUT2D eigenvalue weighted by Crippen LogP contribution is 2.32. The molecule has 0 bridgehead atoms. The minimum atomic E-state index is -3.65. The first kappa shape index (κ1) is 25.9. The predicted molar refractivity (Wildman–Crippen MR) is 138 cm³/mol. The smallest absolute Gasteiger partial charge is 0.281 e. The number of aryl methyl sites for hydroxylation is 1. The van der Waals surface area contributed by atoms with Gasteiger partial charge in [0.2, 0.25) is 18.6 Å². The Labute approximate surface area is 221 Å². The van der Waals surface area contributed by atoms with Crippen molar-refractivity contribution in [2.24, 2.45) is 0 Å². The van der Waals surface area contributed by atoms with Gasteiger partial charge in [-0.1, -0.05) is 6.07 Å². The minimum Gasteiger partial charge on any atom is -0.454 e. The van der Waals surface area contributed by atoms with Gasteiger partial charge in [0.25, 0.3) is 10.2 Å². The number of anilines is 1. The summed E-state index contributed by atoms with van der Waals surface area (Å²) in [6.45, 7) is 3.12. The van der Waals surface area contributed by atoms with Crippen LogP contribution in [0.4, 0.5) is 5.82 Å². The number of piperazine rings is 1. The highest BCUT2D eigenvalue weighted by molar-refractivity contribution is 7.86. The van der Waals surface area contributed by atoms with Crippen LogP contribution in [-0.2, 0) is 21.5 Å². The summed E-state index contributed by atoms with van der Waals surface area (Å²) in [5.74, 6) is 2.19. The van der Waals surface area contributed by atoms with Gasteiger partial charge in [-0.3, -0.25) is 9.36 Å². The van der Waals surface area contributed by atoms with Crippen molar-refractivity contribution in [2.75, 3.05) is 45.4 Å². The largest absolute Gasteiger partial charge is 0.454 e. The number of aromatic nitrogens is 4. The zero-order valence-corrected chi connectivity index (χ0v) is 22.3. The number of benzene rings is 1. The maximum atomic E-state index is 13.1. The maximum Gasteiger partial charge on any atom is 0.281 e. The summed E-state index contributed by atoms with van der Waals surface area (Å²) in [5.41, 5.74) is 1.62. The summed E-state index contributed by atoms with van der Waals surface area (Å²) >= 11 is 0. The number of nitrogens with one attached hydrogen (secondary N) is 1. The standard InChI is InChI=1S/C24H30N8O5S/c1-17-10-22(28-24(27-17)30-7-6-25-15-30)32-9-8-31(38(34,35)29(2)3)14-19(32)12-23(33)26-13-18-4-5-20-21(11-18)37-16-36-20/h4-7,10-11,15,19H,8-9,12-14,16H2,1-3H3,(H,26,33). The number of carbonyl (C=O) groups excluding carboxylic acids is 1. The zero-order chi connectivity index (χ0) is 26.9. The van der Waals surface area contributed by atoms with E-state index < -0.39 is 16.3 Å². The Kier molecular flexibility index (Phi) is 7.19. The van der Waals surface area contributed by atoms with E-state index in [1.54, 1.807) is 23.3 Å². The maximum absolute atomic E-state index is 13.1. The molecule has 0 spiro atoms. The molecule has 38 heavy (non-hydrogen) atoms. The van der Waals surface area contributed by atoms with E-state index in [2.05, 4.69) is 15.3 Å². The third-order valence-corrected chi connectivity index (χ3v) is 8.35. The number of rotatable bonds is 8. The molecule has 1 unspecified atom stereocenters. The summed E-state index contributed by atoms with van der Waals surface area (Å²) in [7, 11) is -0.650. The Morgan fingerprint density at radius 3 is 2.74 bits per heavy atom. The number of fused-ring (bicyclic) bond motifs is 1. The normalized spacial score (nSPS) is 17.7. The molecule has 1 fully saturated rings. The van der Waals surface area contributed by atoms with Crippen LogP contribution >= 0.6 is 0 Å². The van der Waals surface area contributed by atoms with E-state index in [-0.39, 0.29) is 32.2 Å². The summed E-state index contributed by atoms with van der Waals surface area (Å²) in [6.07, 6.45) is 5.08. The summed E-state index contributed by atoms with van der Waals surface area (Å²) in [5, 5.41) is 2.95. The molecule has 5 rings (SSSR count). The number of imidazole rings is 1. The van der Waals surface area contributed by atoms with Crippen LogP contribution in [-0.4, -0.2) is 89.0 Å². The molecule has 1 aromatic carbocycles. The minimum absolute atomic E-state index is 0.0768. The highest BCUT2D eigenvalue weighted by atomic mass is 32.2. The monoisotopic (exact) mass is 542 g/mol. The summed E-state index contributed by atoms with van der Waals surface area (Å²) in [4.78, 5) is 28.3. The lowest BCUT2D eigenvalue weighted by Crippen LogP contribution is -2.58. The van der Waals surface area contributed by atoms with E-state index in [0.717, 1.165) is 11.3 Å². The Bertz CT molecular complexity index is 1410. The molecule has 13 nitrogen and oxygen atoms in total. The average molecular weight is 543 g/mol. The number of amides is 1. The molecule has 0 saturated carbocycles. The van der Waals surface area contributed by atoms with Crippen molar-refractivity contribution < 1.29 is 22.7 Å². The molecule has 202 valence electrons. The summed E-state index contributed by atoms with van der Waals surface area (Å²) in [6, 6.07) is 6.91. The molecule has 2 aliphatic rings. The van der Waals surface area contributed by atoms with Crippen molar-refractivity contribution in [2.45, 2.75) is 25.9 Å². The van der Waals surface area contributed by atoms with Crippen LogP contribution < -0.4 is 19.7 Å². The number of nitrogens with zero attached hydrogens (tertiary/aromatic N) is 7. The van der Waals surface area contributed by atoms with E-state index in [9.17, 15) is 13.2 Å². The molecule has 14 heteroatoms. The van der Waals surface area contributed by atoms with Gasteiger partial charge in [0.15, 0.2) is 11.5 Å². The first-order chi connectivity index (χ1) is 18.2. The van der Waals surface area contributed by atoms with Gasteiger partial charge in [-0.05, 0) is 24.6 Å². The molecule has 3 aromatic rings. The molecule has 0 aliphatic carbocycles. The van der Waals surface area contributed by atoms with Crippen LogP contribution in [0.15, 0.2) is 43.0 Å². The van der Waals surface area contributed by atoms with Crippen molar-refractivity contribution in [3.05, 3.63) is 54.2 Å². The zero-order valence-electron chi connectivity index (χ0n) is 21.4. The number of hydrogen-bond donors (Lipinski definition) is 1. The van der Waals surface area contributed by atoms with Crippen molar-refractivity contribution in [3.63, 3.8) is 0 Å². The second-order valence-electron chi connectivity index (χ2n) is 9.30. The fourth-order valence-corrected chi connectivity index (χ4v) is 5.59. The van der Waals surface area contributed by atoms with E-state index in [4.69, 9.17) is 14.5 Å². The van der Waals surface area contributed by atoms with E-state index >= 15 is 0 Å². The molecule has 1 N–H and O–H groups in total. The molecular weight excluding hydrogens is 512 g/mol. The molecule has 4 heterocycles. The summed E-state index contributed by atoms with van der Waals surface area (Å²) < 4.78 is 40.9. The van der Waals surface area contributed by atoms with Gasteiger partial charge in [-0.2, -0.15) is 22.0 Å². The average Bonchev–Trinajstić information content (AvgIpc) is 3.59. The van der Waals surface area contributed by atoms with Crippen molar-refractivity contribution in [1.82, 2.24) is 33.4 Å². The second-order valence-corrected chi connectivity index (χ2v) is 11.4. The van der Waals surface area contributed by atoms with Gasteiger partial charge in [0.1, 0.15) is 12.1 Å². The van der Waals surface area contributed by atoms with Gasteiger partial charge in [0.05, 0.1) is 6.04 Å². The van der Waals surface area contributed by atoms with Crippen molar-refractivity contribution in [1.29, 1.82) is 0 Å². The second kappa shape index (κ2) is 10.6. The van der Waals surface area contributed by atoms with Gasteiger partial charge in [-0.25, -0.2) is 9.97 Å².